The summed E-state index contributed by atoms with van der Waals surface area (Å²) in [5.74, 6) is -1.32. The molecule has 10 heavy (non-hydrogen) atoms. The fourth-order valence-electron chi connectivity index (χ4n) is 0.414. The second-order valence-corrected chi connectivity index (χ2v) is 1.35. The summed E-state index contributed by atoms with van der Waals surface area (Å²) in [4.78, 5) is 0. The van der Waals surface area contributed by atoms with Crippen molar-refractivity contribution in [3.63, 3.8) is 0 Å². The van der Waals surface area contributed by atoms with E-state index in [1.54, 1.807) is 0 Å². The summed E-state index contributed by atoms with van der Waals surface area (Å²) < 4.78 is 23.7. The Morgan fingerprint density at radius 1 is 1.10 bits per heavy atom. The van der Waals surface area contributed by atoms with Crippen LogP contribution < -0.4 is 17.0 Å². The van der Waals surface area contributed by atoms with Crippen molar-refractivity contribution in [2.75, 3.05) is 0 Å². The van der Waals surface area contributed by atoms with Crippen LogP contribution in [0.15, 0.2) is 18.2 Å². The van der Waals surface area contributed by atoms with E-state index in [0.717, 1.165) is 12.1 Å². The van der Waals surface area contributed by atoms with Crippen LogP contribution in [0, 0.1) is 17.7 Å². The average molecular weight is 217 g/mol. The molecule has 0 nitrogen and oxygen atoms in total. The Morgan fingerprint density at radius 3 is 1.70 bits per heavy atom. The number of hydrogen-bond acceptors (Lipinski definition) is 0. The van der Waals surface area contributed by atoms with Gasteiger partial charge in [0.1, 0.15) is 0 Å². The van der Waals surface area contributed by atoms with Gasteiger partial charge in [-0.3, -0.25) is 0 Å². The molecule has 0 aromatic heterocycles. The Morgan fingerprint density at radius 2 is 1.50 bits per heavy atom. The third-order valence-corrected chi connectivity index (χ3v) is 0.724. The fraction of sp³-hybridized carbons (Fsp3) is 0. The van der Waals surface area contributed by atoms with Crippen LogP contribution in [0.2, 0.25) is 0 Å². The molecular weight excluding hydrogens is 214 g/mol. The topological polar surface area (TPSA) is 0 Å². The molecule has 0 heterocycles. The first kappa shape index (κ1) is 13.0. The summed E-state index contributed by atoms with van der Waals surface area (Å²) in [6.07, 6.45) is 0. The molecule has 0 radical (unpaired) electrons. The van der Waals surface area contributed by atoms with Crippen molar-refractivity contribution in [3.8, 4) is 0 Å². The minimum absolute atomic E-state index is 0. The fourth-order valence-corrected chi connectivity index (χ4v) is 0.414. The molecule has 1 aromatic carbocycles. The van der Waals surface area contributed by atoms with Gasteiger partial charge in [-0.05, 0) is 0 Å². The zero-order chi connectivity index (χ0) is 5.98. The Labute approximate surface area is 84.5 Å². The van der Waals surface area contributed by atoms with Crippen LogP contribution in [-0.2, 0) is 0 Å². The van der Waals surface area contributed by atoms with E-state index in [2.05, 4.69) is 0 Å². The first-order chi connectivity index (χ1) is 3.79. The monoisotopic (exact) mass is 216 g/mol. The molecule has 0 unspecified atom stereocenters. The van der Waals surface area contributed by atoms with Gasteiger partial charge in [0.25, 0.3) is 0 Å². The molecule has 0 saturated heterocycles. The first-order valence-corrected chi connectivity index (χ1v) is 2.12. The van der Waals surface area contributed by atoms with Gasteiger partial charge in [0.05, 0.1) is 0 Å². The molecular formula is C6H3BrF2Mg. The Kier molecular flexibility index (Phi) is 7.86. The van der Waals surface area contributed by atoms with Crippen LogP contribution in [0.5, 0.6) is 0 Å². The predicted molar refractivity (Wildman–Crippen MR) is 30.9 cm³/mol. The standard InChI is InChI=1S/C6H3F2.BrH.Mg/c7-5-2-1-3-6(8)4-5;;/h1-3H;1H;/q-1;;+2/p-1. The minimum Gasteiger partial charge on any atom is -1.00 e. The van der Waals surface area contributed by atoms with Crippen LogP contribution in [0.3, 0.4) is 0 Å². The molecule has 50 valence electrons. The second-order valence-electron chi connectivity index (χ2n) is 1.35. The maximum Gasteiger partial charge on any atom is 2.00 e. The maximum absolute atomic E-state index is 11.9. The number of rotatable bonds is 0. The molecule has 0 amide bonds. The van der Waals surface area contributed by atoms with E-state index < -0.39 is 11.6 Å². The van der Waals surface area contributed by atoms with Crippen molar-refractivity contribution in [1.29, 1.82) is 0 Å². The van der Waals surface area contributed by atoms with E-state index in [4.69, 9.17) is 0 Å². The molecule has 0 atom stereocenters. The Hall–Kier alpha value is 0.326. The smallest absolute Gasteiger partial charge is 1.00 e. The molecule has 0 aliphatic rings. The van der Waals surface area contributed by atoms with Crippen LogP contribution in [0.4, 0.5) is 8.78 Å². The van der Waals surface area contributed by atoms with Gasteiger partial charge in [-0.1, -0.05) is 0 Å². The summed E-state index contributed by atoms with van der Waals surface area (Å²) in [6.45, 7) is 0. The average Bonchev–Trinajstić information content (AvgIpc) is 1.64. The van der Waals surface area contributed by atoms with Gasteiger partial charge < -0.3 is 17.0 Å². The molecule has 0 fully saturated rings. The van der Waals surface area contributed by atoms with Crippen molar-refractivity contribution in [3.05, 3.63) is 35.9 Å². The second kappa shape index (κ2) is 6.06. The van der Waals surface area contributed by atoms with E-state index in [9.17, 15) is 8.78 Å². The molecule has 0 bridgehead atoms. The van der Waals surface area contributed by atoms with Gasteiger partial charge in [0, 0.05) is 11.6 Å². The Bertz CT molecular complexity index is 176. The molecule has 0 saturated carbocycles. The van der Waals surface area contributed by atoms with Crippen LogP contribution >= 0.6 is 0 Å². The molecule has 0 aliphatic carbocycles. The third-order valence-electron chi connectivity index (χ3n) is 0.724. The number of halogens is 3. The zero-order valence-corrected chi connectivity index (χ0v) is 8.07. The van der Waals surface area contributed by atoms with Crippen LogP contribution in [0.1, 0.15) is 0 Å². The van der Waals surface area contributed by atoms with Crippen LogP contribution in [0.25, 0.3) is 0 Å². The molecule has 1 aromatic rings. The molecule has 0 spiro atoms. The Balaban J connectivity index is 0. The summed E-state index contributed by atoms with van der Waals surface area (Å²) in [6, 6.07) is 5.41. The van der Waals surface area contributed by atoms with E-state index in [1.165, 1.54) is 6.07 Å². The predicted octanol–water partition coefficient (Wildman–Crippen LogP) is -1.61. The van der Waals surface area contributed by atoms with Crippen LogP contribution in [-0.4, -0.2) is 23.1 Å². The van der Waals surface area contributed by atoms with Crippen molar-refractivity contribution < 1.29 is 25.8 Å². The van der Waals surface area contributed by atoms with E-state index in [-0.39, 0.29) is 40.0 Å². The van der Waals surface area contributed by atoms with Crippen molar-refractivity contribution in [1.82, 2.24) is 0 Å². The van der Waals surface area contributed by atoms with Gasteiger partial charge in [0.15, 0.2) is 0 Å². The molecule has 4 heteroatoms. The normalized spacial score (nSPS) is 7.40. The van der Waals surface area contributed by atoms with E-state index in [0.29, 0.717) is 0 Å². The summed E-state index contributed by atoms with van der Waals surface area (Å²) in [5.41, 5.74) is 0. The van der Waals surface area contributed by atoms with E-state index >= 15 is 0 Å². The van der Waals surface area contributed by atoms with Gasteiger partial charge in [-0.25, -0.2) is 8.78 Å². The van der Waals surface area contributed by atoms with Gasteiger partial charge in [-0.2, -0.15) is 6.07 Å². The molecule has 1 rings (SSSR count). The van der Waals surface area contributed by atoms with Crippen molar-refractivity contribution in [2.45, 2.75) is 0 Å². The quantitative estimate of drug-likeness (QED) is 0.362. The zero-order valence-electron chi connectivity index (χ0n) is 5.07. The maximum atomic E-state index is 11.9. The summed E-state index contributed by atoms with van der Waals surface area (Å²) in [7, 11) is 0. The minimum atomic E-state index is -0.662. The SMILES string of the molecule is Fc1[c-]c(F)ccc1.[Br-].[Mg+2]. The van der Waals surface area contributed by atoms with Gasteiger partial charge in [-0.15, -0.1) is 18.2 Å². The van der Waals surface area contributed by atoms with Crippen molar-refractivity contribution >= 4 is 23.1 Å². The van der Waals surface area contributed by atoms with Crippen molar-refractivity contribution in [2.24, 2.45) is 0 Å². The first-order valence-electron chi connectivity index (χ1n) is 2.12. The molecule has 0 aliphatic heterocycles. The number of hydrogen-bond donors (Lipinski definition) is 0. The largest absolute Gasteiger partial charge is 2.00 e. The molecule has 0 N–H and O–H groups in total. The summed E-state index contributed by atoms with van der Waals surface area (Å²) in [5, 5.41) is 0. The third kappa shape index (κ3) is 4.19. The van der Waals surface area contributed by atoms with Gasteiger partial charge >= 0.3 is 23.1 Å². The van der Waals surface area contributed by atoms with E-state index in [1.807, 2.05) is 6.07 Å². The van der Waals surface area contributed by atoms with Gasteiger partial charge in [0.2, 0.25) is 0 Å². The summed E-state index contributed by atoms with van der Waals surface area (Å²) >= 11 is 0. The number of benzene rings is 1.